The third-order valence-corrected chi connectivity index (χ3v) is 5.70. The Morgan fingerprint density at radius 3 is 2.10 bits per heavy atom. The predicted octanol–water partition coefficient (Wildman–Crippen LogP) is 4.79. The summed E-state index contributed by atoms with van der Waals surface area (Å²) in [7, 11) is 1.22. The first-order chi connectivity index (χ1) is 18.3. The van der Waals surface area contributed by atoms with Crippen LogP contribution in [0, 0.1) is 12.3 Å². The van der Waals surface area contributed by atoms with Crippen molar-refractivity contribution in [2.24, 2.45) is 0 Å². The molecule has 3 N–H and O–H groups in total. The smallest absolute Gasteiger partial charge is 0.417 e. The molecule has 11 heteroatoms. The van der Waals surface area contributed by atoms with Crippen LogP contribution in [0.4, 0.5) is 18.9 Å². The van der Waals surface area contributed by atoms with Gasteiger partial charge in [-0.1, -0.05) is 24.3 Å². The summed E-state index contributed by atoms with van der Waals surface area (Å²) in [6.07, 6.45) is -4.80. The molecule has 0 spiro atoms. The lowest BCUT2D eigenvalue weighted by molar-refractivity contribution is -0.138. The molecule has 3 aromatic rings. The number of ketones is 1. The van der Waals surface area contributed by atoms with E-state index in [1.165, 1.54) is 75.6 Å². The first-order valence-electron chi connectivity index (χ1n) is 11.5. The van der Waals surface area contributed by atoms with Gasteiger partial charge in [0.05, 0.1) is 41.7 Å². The summed E-state index contributed by atoms with van der Waals surface area (Å²) in [5.41, 5.74) is -1.25. The van der Waals surface area contributed by atoms with E-state index in [0.29, 0.717) is 5.56 Å². The lowest BCUT2D eigenvalue weighted by Crippen LogP contribution is -2.28. The predicted molar refractivity (Wildman–Crippen MR) is 137 cm³/mol. The number of methoxy groups -OCH3 is 1. The minimum absolute atomic E-state index is 0.00460. The van der Waals surface area contributed by atoms with Crippen molar-refractivity contribution in [2.75, 3.05) is 19.0 Å². The van der Waals surface area contributed by atoms with E-state index in [9.17, 15) is 32.3 Å². The van der Waals surface area contributed by atoms with Gasteiger partial charge in [0.2, 0.25) is 0 Å². The summed E-state index contributed by atoms with van der Waals surface area (Å²) in [6.45, 7) is 2.40. The molecule has 0 aliphatic heterocycles. The SMILES string of the molecule is COC(=O)c1ccc(C(=N)c2ccc(C(=O)NCC(C)=O)cc2NC(=O)c2c(C)cccc2C(F)(F)F)cc1. The van der Waals surface area contributed by atoms with Crippen LogP contribution in [0.2, 0.25) is 0 Å². The number of esters is 1. The van der Waals surface area contributed by atoms with Crippen molar-refractivity contribution in [1.29, 1.82) is 5.41 Å². The Labute approximate surface area is 221 Å². The summed E-state index contributed by atoms with van der Waals surface area (Å²) in [6, 6.07) is 13.1. The lowest BCUT2D eigenvalue weighted by atomic mass is 9.97. The maximum Gasteiger partial charge on any atom is 0.417 e. The van der Waals surface area contributed by atoms with Crippen molar-refractivity contribution in [3.05, 3.63) is 99.6 Å². The van der Waals surface area contributed by atoms with Crippen molar-refractivity contribution in [3.8, 4) is 0 Å². The summed E-state index contributed by atoms with van der Waals surface area (Å²) in [4.78, 5) is 48.7. The molecule has 0 aliphatic carbocycles. The van der Waals surface area contributed by atoms with Crippen molar-refractivity contribution in [2.45, 2.75) is 20.0 Å². The highest BCUT2D eigenvalue weighted by Gasteiger charge is 2.36. The quantitative estimate of drug-likeness (QED) is 0.281. The van der Waals surface area contributed by atoms with Gasteiger partial charge in [-0.25, -0.2) is 4.79 Å². The van der Waals surface area contributed by atoms with Crippen molar-refractivity contribution < 1.29 is 37.1 Å². The van der Waals surface area contributed by atoms with Crippen LogP contribution in [0.3, 0.4) is 0 Å². The van der Waals surface area contributed by atoms with E-state index in [-0.39, 0.29) is 46.0 Å². The molecule has 202 valence electrons. The van der Waals surface area contributed by atoms with Gasteiger partial charge >= 0.3 is 12.1 Å². The van der Waals surface area contributed by atoms with Gasteiger partial charge in [0, 0.05) is 16.7 Å². The Morgan fingerprint density at radius 2 is 1.51 bits per heavy atom. The van der Waals surface area contributed by atoms with Gasteiger partial charge in [0.15, 0.2) is 0 Å². The highest BCUT2D eigenvalue weighted by Crippen LogP contribution is 2.34. The molecular weight excluding hydrogens is 515 g/mol. The number of ether oxygens (including phenoxy) is 1. The number of aryl methyl sites for hydroxylation is 1. The van der Waals surface area contributed by atoms with Gasteiger partial charge in [-0.2, -0.15) is 13.2 Å². The Hall–Kier alpha value is -4.80. The Morgan fingerprint density at radius 1 is 0.897 bits per heavy atom. The van der Waals surface area contributed by atoms with Crippen LogP contribution in [0.5, 0.6) is 0 Å². The molecular formula is C28H24F3N3O5. The van der Waals surface area contributed by atoms with Crippen molar-refractivity contribution in [3.63, 3.8) is 0 Å². The number of carbonyl (C=O) groups excluding carboxylic acids is 4. The monoisotopic (exact) mass is 539 g/mol. The number of halogens is 3. The van der Waals surface area contributed by atoms with E-state index in [4.69, 9.17) is 5.41 Å². The number of Topliss-reactive ketones (excluding diaryl/α,β-unsaturated/α-hetero) is 1. The first-order valence-corrected chi connectivity index (χ1v) is 11.5. The molecule has 0 aliphatic rings. The van der Waals surface area contributed by atoms with Gasteiger partial charge in [-0.3, -0.25) is 19.8 Å². The van der Waals surface area contributed by atoms with Crippen LogP contribution >= 0.6 is 0 Å². The molecule has 39 heavy (non-hydrogen) atoms. The van der Waals surface area contributed by atoms with Crippen LogP contribution in [0.1, 0.15) is 60.3 Å². The van der Waals surface area contributed by atoms with Crippen molar-refractivity contribution >= 4 is 35.0 Å². The van der Waals surface area contributed by atoms with Crippen molar-refractivity contribution in [1.82, 2.24) is 5.32 Å². The lowest BCUT2D eigenvalue weighted by Gasteiger charge is -2.18. The van der Waals surface area contributed by atoms with Crippen LogP contribution in [0.15, 0.2) is 60.7 Å². The number of amides is 2. The molecule has 2 amide bonds. The van der Waals surface area contributed by atoms with Crippen LogP contribution < -0.4 is 10.6 Å². The Kier molecular flexibility index (Phi) is 8.64. The number of benzene rings is 3. The van der Waals surface area contributed by atoms with E-state index in [0.717, 1.165) is 6.07 Å². The topological polar surface area (TPSA) is 125 Å². The summed E-state index contributed by atoms with van der Waals surface area (Å²) < 4.78 is 45.7. The van der Waals surface area contributed by atoms with Crippen LogP contribution in [-0.2, 0) is 15.7 Å². The fourth-order valence-electron chi connectivity index (χ4n) is 3.75. The van der Waals surface area contributed by atoms with Crippen LogP contribution in [0.25, 0.3) is 0 Å². The average Bonchev–Trinajstić information content (AvgIpc) is 2.90. The van der Waals surface area contributed by atoms with Gasteiger partial charge < -0.3 is 15.4 Å². The minimum atomic E-state index is -4.80. The fraction of sp³-hybridized carbons (Fsp3) is 0.179. The number of rotatable bonds is 8. The second-order valence-electron chi connectivity index (χ2n) is 8.54. The summed E-state index contributed by atoms with van der Waals surface area (Å²) in [5, 5.41) is 13.5. The van der Waals surface area contributed by atoms with Crippen LogP contribution in [-0.4, -0.2) is 42.9 Å². The normalized spacial score (nSPS) is 10.9. The fourth-order valence-corrected chi connectivity index (χ4v) is 3.75. The van der Waals surface area contributed by atoms with Gasteiger partial charge in [0.25, 0.3) is 11.8 Å². The van der Waals surface area contributed by atoms with E-state index < -0.39 is 35.1 Å². The van der Waals surface area contributed by atoms with E-state index in [1.54, 1.807) is 0 Å². The molecule has 0 atom stereocenters. The molecule has 0 bridgehead atoms. The van der Waals surface area contributed by atoms with Gasteiger partial charge in [0.1, 0.15) is 5.78 Å². The highest BCUT2D eigenvalue weighted by molar-refractivity contribution is 6.18. The maximum absolute atomic E-state index is 13.7. The number of alkyl halides is 3. The third-order valence-electron chi connectivity index (χ3n) is 5.70. The Bertz CT molecular complexity index is 1460. The summed E-state index contributed by atoms with van der Waals surface area (Å²) in [5.74, 6) is -2.63. The van der Waals surface area contributed by atoms with E-state index >= 15 is 0 Å². The van der Waals surface area contributed by atoms with Gasteiger partial charge in [-0.05, 0) is 55.8 Å². The number of carbonyl (C=O) groups is 4. The Balaban J connectivity index is 2.07. The standard InChI is InChI=1S/C28H24F3N3O5/c1-15-5-4-6-21(28(29,30)31)23(15)26(37)34-22-13-19(25(36)33-14-16(2)35)11-12-20(22)24(32)17-7-9-18(10-8-17)27(38)39-3/h4-13,32H,14H2,1-3H3,(H,33,36)(H,34,37). The number of anilines is 1. The molecule has 0 radical (unpaired) electrons. The first kappa shape index (κ1) is 28.8. The zero-order chi connectivity index (χ0) is 28.9. The molecule has 3 aromatic carbocycles. The van der Waals surface area contributed by atoms with E-state index in [1.807, 2.05) is 0 Å². The number of nitrogens with one attached hydrogen (secondary N) is 3. The molecule has 0 heterocycles. The minimum Gasteiger partial charge on any atom is -0.465 e. The molecule has 0 unspecified atom stereocenters. The van der Waals surface area contributed by atoms with E-state index in [2.05, 4.69) is 15.4 Å². The molecule has 0 saturated carbocycles. The molecule has 0 fully saturated rings. The highest BCUT2D eigenvalue weighted by atomic mass is 19.4. The number of hydrogen-bond donors (Lipinski definition) is 3. The van der Waals surface area contributed by atoms with Gasteiger partial charge in [-0.15, -0.1) is 0 Å². The maximum atomic E-state index is 13.7. The average molecular weight is 540 g/mol. The third kappa shape index (κ3) is 6.75. The second kappa shape index (κ2) is 11.7. The zero-order valence-electron chi connectivity index (χ0n) is 21.2. The molecule has 0 saturated heterocycles. The second-order valence-corrected chi connectivity index (χ2v) is 8.54. The molecule has 0 aromatic heterocycles. The number of hydrogen-bond acceptors (Lipinski definition) is 6. The molecule has 3 rings (SSSR count). The molecule has 8 nitrogen and oxygen atoms in total. The largest absolute Gasteiger partial charge is 0.465 e. The summed E-state index contributed by atoms with van der Waals surface area (Å²) >= 11 is 0. The zero-order valence-corrected chi connectivity index (χ0v) is 21.2.